The zero-order valence-electron chi connectivity index (χ0n) is 13.1. The number of nitrogens with zero attached hydrogens (tertiary/aromatic N) is 1. The van der Waals surface area contributed by atoms with Crippen molar-refractivity contribution in [2.75, 3.05) is 10.6 Å². The zero-order chi connectivity index (χ0) is 17.9. The van der Waals surface area contributed by atoms with Crippen LogP contribution < -0.4 is 10.6 Å². The molecule has 0 unspecified atom stereocenters. The van der Waals surface area contributed by atoms with Gasteiger partial charge >= 0.3 is 11.5 Å². The van der Waals surface area contributed by atoms with Gasteiger partial charge in [0, 0.05) is 22.2 Å². The third-order valence-corrected chi connectivity index (χ3v) is 3.94. The van der Waals surface area contributed by atoms with Crippen molar-refractivity contribution in [3.63, 3.8) is 0 Å². The first kappa shape index (κ1) is 19.9. The van der Waals surface area contributed by atoms with Crippen LogP contribution in [0.15, 0.2) is 65.7 Å². The van der Waals surface area contributed by atoms with Crippen LogP contribution in [0.2, 0.25) is 0 Å². The number of thioether (sulfide) groups is 1. The second-order valence-corrected chi connectivity index (χ2v) is 6.17. The lowest BCUT2D eigenvalue weighted by Crippen LogP contribution is -2.19. The summed E-state index contributed by atoms with van der Waals surface area (Å²) in [5.41, 5.74) is -2.82. The molecule has 0 saturated carbocycles. The van der Waals surface area contributed by atoms with Gasteiger partial charge in [-0.15, -0.1) is 12.4 Å². The van der Waals surface area contributed by atoms with Crippen molar-refractivity contribution < 1.29 is 18.0 Å². The maximum atomic E-state index is 12.4. The van der Waals surface area contributed by atoms with Crippen molar-refractivity contribution in [1.29, 1.82) is 0 Å². The molecule has 0 aliphatic carbocycles. The second-order valence-electron chi connectivity index (χ2n) is 5.03. The Bertz CT molecular complexity index is 916. The summed E-state index contributed by atoms with van der Waals surface area (Å²) in [6, 6.07) is 14.0. The third kappa shape index (κ3) is 5.27. The Morgan fingerprint density at radius 3 is 2.54 bits per heavy atom. The monoisotopic (exact) mass is 399 g/mol. The molecular weight excluding hydrogens is 387 g/mol. The van der Waals surface area contributed by atoms with Crippen LogP contribution in [0.1, 0.15) is 0 Å². The summed E-state index contributed by atoms with van der Waals surface area (Å²) >= 11 is -0.232. The Morgan fingerprint density at radius 1 is 1.00 bits per heavy atom. The number of urea groups is 1. The molecule has 0 radical (unpaired) electrons. The van der Waals surface area contributed by atoms with Crippen LogP contribution in [-0.2, 0) is 0 Å². The predicted molar refractivity (Wildman–Crippen MR) is 100.0 cm³/mol. The maximum Gasteiger partial charge on any atom is 0.446 e. The number of hydrogen-bond acceptors (Lipinski definition) is 3. The maximum absolute atomic E-state index is 12.4. The van der Waals surface area contributed by atoms with Crippen molar-refractivity contribution in [2.45, 2.75) is 10.4 Å². The Labute approximate surface area is 157 Å². The van der Waals surface area contributed by atoms with E-state index in [4.69, 9.17) is 0 Å². The number of para-hydroxylation sites is 1. The lowest BCUT2D eigenvalue weighted by Gasteiger charge is -2.11. The Hall–Kier alpha value is -2.45. The van der Waals surface area contributed by atoms with E-state index >= 15 is 0 Å². The molecule has 0 spiro atoms. The number of nitrogens with one attached hydrogen (secondary N) is 2. The molecule has 0 saturated heterocycles. The Kier molecular flexibility index (Phi) is 6.33. The number of aromatic nitrogens is 1. The highest BCUT2D eigenvalue weighted by Gasteiger charge is 2.29. The summed E-state index contributed by atoms with van der Waals surface area (Å²) in [6.07, 6.45) is 1.57. The molecule has 4 nitrogen and oxygen atoms in total. The van der Waals surface area contributed by atoms with E-state index < -0.39 is 11.5 Å². The first-order valence-corrected chi connectivity index (χ1v) is 8.00. The largest absolute Gasteiger partial charge is 0.446 e. The number of fused-ring (bicyclic) bond motifs is 1. The van der Waals surface area contributed by atoms with Gasteiger partial charge in [0.15, 0.2) is 0 Å². The number of alkyl halides is 3. The van der Waals surface area contributed by atoms with Crippen LogP contribution in [0.25, 0.3) is 10.9 Å². The fraction of sp³-hybridized carbons (Fsp3) is 0.0588. The van der Waals surface area contributed by atoms with E-state index in [0.29, 0.717) is 5.69 Å². The predicted octanol–water partition coefficient (Wildman–Crippen LogP) is 5.91. The summed E-state index contributed by atoms with van der Waals surface area (Å²) in [4.78, 5) is 16.3. The molecule has 26 heavy (non-hydrogen) atoms. The molecule has 0 fully saturated rings. The van der Waals surface area contributed by atoms with Crippen molar-refractivity contribution in [3.8, 4) is 0 Å². The van der Waals surface area contributed by atoms with Gasteiger partial charge in [0.05, 0.1) is 11.2 Å². The minimum Gasteiger partial charge on any atom is -0.308 e. The molecule has 136 valence electrons. The molecular formula is C17H13ClF3N3OS. The highest BCUT2D eigenvalue weighted by molar-refractivity contribution is 8.00. The highest BCUT2D eigenvalue weighted by Crippen LogP contribution is 2.37. The normalized spacial score (nSPS) is 10.9. The smallest absolute Gasteiger partial charge is 0.308 e. The van der Waals surface area contributed by atoms with Gasteiger partial charge in [-0.3, -0.25) is 4.98 Å². The summed E-state index contributed by atoms with van der Waals surface area (Å²) < 4.78 is 37.3. The van der Waals surface area contributed by atoms with Gasteiger partial charge in [-0.2, -0.15) is 13.2 Å². The van der Waals surface area contributed by atoms with E-state index in [1.807, 2.05) is 24.3 Å². The molecule has 2 aromatic carbocycles. The minimum absolute atomic E-state index is 0. The van der Waals surface area contributed by atoms with Crippen LogP contribution >= 0.6 is 24.2 Å². The summed E-state index contributed by atoms with van der Waals surface area (Å²) in [5, 5.41) is 5.98. The first-order valence-electron chi connectivity index (χ1n) is 7.18. The zero-order valence-corrected chi connectivity index (χ0v) is 14.7. The van der Waals surface area contributed by atoms with Gasteiger partial charge < -0.3 is 10.6 Å². The topological polar surface area (TPSA) is 54.0 Å². The fourth-order valence-electron chi connectivity index (χ4n) is 2.26. The molecule has 3 rings (SSSR count). The molecule has 0 atom stereocenters. The van der Waals surface area contributed by atoms with E-state index in [9.17, 15) is 18.0 Å². The molecule has 9 heteroatoms. The molecule has 3 aromatic rings. The van der Waals surface area contributed by atoms with Crippen molar-refractivity contribution >= 4 is 52.5 Å². The molecule has 1 aromatic heterocycles. The molecule has 2 amide bonds. The fourth-order valence-corrected chi connectivity index (χ4v) is 2.86. The standard InChI is InChI=1S/C17H12F3N3OS.ClH/c18-17(19,20)25-12-5-3-4-11(10-12)22-16(24)23-15-8-9-21-14-7-2-1-6-13(14)15;/h1-10H,(H2,21,22,23,24);1H. The van der Waals surface area contributed by atoms with Crippen LogP contribution in [-0.4, -0.2) is 16.5 Å². The van der Waals surface area contributed by atoms with Crippen molar-refractivity contribution in [3.05, 3.63) is 60.8 Å². The number of carbonyl (C=O) groups excluding carboxylic acids is 1. The quantitative estimate of drug-likeness (QED) is 0.538. The van der Waals surface area contributed by atoms with E-state index in [-0.39, 0.29) is 34.8 Å². The number of rotatable bonds is 3. The summed E-state index contributed by atoms with van der Waals surface area (Å²) in [6.45, 7) is 0. The van der Waals surface area contributed by atoms with Crippen LogP contribution in [0.3, 0.4) is 0 Å². The first-order chi connectivity index (χ1) is 11.9. The minimum atomic E-state index is -4.38. The van der Waals surface area contributed by atoms with Gasteiger partial charge in [-0.25, -0.2) is 4.79 Å². The Balaban J connectivity index is 0.00000243. The number of hydrogen-bond donors (Lipinski definition) is 2. The number of carbonyl (C=O) groups is 1. The van der Waals surface area contributed by atoms with Gasteiger partial charge in [0.1, 0.15) is 0 Å². The molecule has 0 aliphatic rings. The number of pyridine rings is 1. The van der Waals surface area contributed by atoms with E-state index in [0.717, 1.165) is 10.9 Å². The lowest BCUT2D eigenvalue weighted by molar-refractivity contribution is -0.0328. The second kappa shape index (κ2) is 8.29. The average molecular weight is 400 g/mol. The van der Waals surface area contributed by atoms with Gasteiger partial charge in [0.25, 0.3) is 0 Å². The van der Waals surface area contributed by atoms with E-state index in [2.05, 4.69) is 15.6 Å². The SMILES string of the molecule is Cl.O=C(Nc1cccc(SC(F)(F)F)c1)Nc1ccnc2ccccc12. The average Bonchev–Trinajstić information content (AvgIpc) is 2.54. The third-order valence-electron chi connectivity index (χ3n) is 3.22. The van der Waals surface area contributed by atoms with Crippen molar-refractivity contribution in [2.24, 2.45) is 0 Å². The molecule has 1 heterocycles. The molecule has 0 bridgehead atoms. The van der Waals surface area contributed by atoms with Gasteiger partial charge in [-0.1, -0.05) is 24.3 Å². The van der Waals surface area contributed by atoms with E-state index in [1.165, 1.54) is 24.3 Å². The number of amides is 2. The van der Waals surface area contributed by atoms with Gasteiger partial charge in [-0.05, 0) is 42.1 Å². The van der Waals surface area contributed by atoms with Crippen LogP contribution in [0.4, 0.5) is 29.3 Å². The summed E-state index contributed by atoms with van der Waals surface area (Å²) in [5.74, 6) is 0. The number of halogens is 4. The van der Waals surface area contributed by atoms with Crippen LogP contribution in [0.5, 0.6) is 0 Å². The molecule has 0 aliphatic heterocycles. The Morgan fingerprint density at radius 2 is 1.77 bits per heavy atom. The molecule has 2 N–H and O–H groups in total. The van der Waals surface area contributed by atoms with Gasteiger partial charge in [0.2, 0.25) is 0 Å². The number of anilines is 2. The highest BCUT2D eigenvalue weighted by atomic mass is 35.5. The lowest BCUT2D eigenvalue weighted by atomic mass is 10.2. The van der Waals surface area contributed by atoms with E-state index in [1.54, 1.807) is 12.3 Å². The van der Waals surface area contributed by atoms with Crippen LogP contribution in [0, 0.1) is 0 Å². The van der Waals surface area contributed by atoms with Crippen molar-refractivity contribution in [1.82, 2.24) is 4.98 Å². The summed E-state index contributed by atoms with van der Waals surface area (Å²) in [7, 11) is 0. The number of benzene rings is 2.